The topological polar surface area (TPSA) is 142 Å². The number of carbonyl (C=O) groups is 4. The van der Waals surface area contributed by atoms with E-state index in [1.54, 1.807) is 62.4 Å². The van der Waals surface area contributed by atoms with Crippen LogP contribution in [0.2, 0.25) is 0 Å². The molecule has 38 heavy (non-hydrogen) atoms. The summed E-state index contributed by atoms with van der Waals surface area (Å²) in [6, 6.07) is 13.4. The van der Waals surface area contributed by atoms with Crippen LogP contribution in [0.5, 0.6) is 0 Å². The van der Waals surface area contributed by atoms with Crippen LogP contribution >= 0.6 is 0 Å². The Morgan fingerprint density at radius 3 is 1.34 bits per heavy atom. The number of hydrogen-bond donors (Lipinski definition) is 0. The zero-order valence-electron chi connectivity index (χ0n) is 20.9. The van der Waals surface area contributed by atoms with Gasteiger partial charge in [-0.1, -0.05) is 36.4 Å². The van der Waals surface area contributed by atoms with Crippen LogP contribution < -0.4 is 0 Å². The number of carbonyl (C=O) groups excluding carboxylic acids is 4. The van der Waals surface area contributed by atoms with Crippen molar-refractivity contribution in [2.24, 2.45) is 11.8 Å². The van der Waals surface area contributed by atoms with Gasteiger partial charge in [0.2, 0.25) is 0 Å². The van der Waals surface area contributed by atoms with Crippen molar-refractivity contribution in [1.29, 1.82) is 0 Å². The van der Waals surface area contributed by atoms with Crippen molar-refractivity contribution >= 4 is 24.2 Å². The minimum absolute atomic E-state index is 0.0736. The van der Waals surface area contributed by atoms with E-state index < -0.39 is 24.2 Å². The first-order chi connectivity index (χ1) is 18.3. The molecular formula is C26H28O12. The number of hydrogen-bond acceptors (Lipinski definition) is 12. The molecule has 12 heteroatoms. The molecule has 0 atom stereocenters. The van der Waals surface area contributed by atoms with Crippen LogP contribution in [-0.2, 0) is 39.1 Å². The van der Waals surface area contributed by atoms with Crippen molar-refractivity contribution in [1.82, 2.24) is 0 Å². The smallest absolute Gasteiger partial charge is 0.432 e. The molecule has 0 N–H and O–H groups in total. The first-order valence-electron chi connectivity index (χ1n) is 11.9. The number of rotatable bonds is 10. The molecule has 0 unspecified atom stereocenters. The Labute approximate surface area is 218 Å². The lowest BCUT2D eigenvalue weighted by atomic mass is 9.83. The minimum atomic E-state index is -1.14. The fraction of sp³-hybridized carbons (Fsp3) is 0.385. The molecule has 12 nitrogen and oxygen atoms in total. The second kappa shape index (κ2) is 14.5. The average molecular weight is 532 g/mol. The molecule has 204 valence electrons. The number of ether oxygens (including phenoxy) is 2. The Balaban J connectivity index is 1.22. The molecule has 0 aliphatic heterocycles. The van der Waals surface area contributed by atoms with Crippen LogP contribution in [0.25, 0.3) is 0 Å². The van der Waals surface area contributed by atoms with Gasteiger partial charge in [0.15, 0.2) is 0 Å². The number of benzene rings is 2. The van der Waals surface area contributed by atoms with Gasteiger partial charge in [-0.3, -0.25) is 9.78 Å². The summed E-state index contributed by atoms with van der Waals surface area (Å²) in [7, 11) is 0. The van der Waals surface area contributed by atoms with Gasteiger partial charge in [0, 0.05) is 0 Å². The van der Waals surface area contributed by atoms with Crippen molar-refractivity contribution in [3.63, 3.8) is 0 Å². The zero-order chi connectivity index (χ0) is 27.3. The Morgan fingerprint density at radius 1 is 0.605 bits per heavy atom. The Morgan fingerprint density at radius 2 is 0.974 bits per heavy atom. The first-order valence-corrected chi connectivity index (χ1v) is 11.9. The van der Waals surface area contributed by atoms with E-state index in [0.717, 1.165) is 0 Å². The first kappa shape index (κ1) is 28.4. The van der Waals surface area contributed by atoms with Gasteiger partial charge in [0.1, 0.15) is 0 Å². The highest BCUT2D eigenvalue weighted by atomic mass is 17.5. The predicted octanol–water partition coefficient (Wildman–Crippen LogP) is 5.12. The van der Waals surface area contributed by atoms with Gasteiger partial charge in [-0.25, -0.2) is 29.0 Å². The Bertz CT molecular complexity index is 1020. The Hall–Kier alpha value is -4.16. The summed E-state index contributed by atoms with van der Waals surface area (Å²) in [5.74, 6) is -1.47. The minimum Gasteiger partial charge on any atom is -0.432 e. The molecule has 1 aliphatic rings. The standard InChI is InChI=1S/C26H28O12/c1-17-7-3-5-9-21(17)23(27)33-37-35-25(29)31-15-19-11-13-20(14-12-19)16-32-26(30)36-38-34-24(28)22-10-6-4-8-18(22)2/h3-10,19-20H,11-16H2,1-2H3. The molecule has 0 radical (unpaired) electrons. The van der Waals surface area contributed by atoms with Gasteiger partial charge in [0.05, 0.1) is 34.4 Å². The molecule has 0 bridgehead atoms. The molecule has 2 aromatic rings. The third-order valence-electron chi connectivity index (χ3n) is 5.99. The largest absolute Gasteiger partial charge is 0.543 e. The van der Waals surface area contributed by atoms with E-state index in [9.17, 15) is 19.2 Å². The second-order valence-corrected chi connectivity index (χ2v) is 8.68. The van der Waals surface area contributed by atoms with Gasteiger partial charge in [-0.05, 0) is 74.6 Å². The highest BCUT2D eigenvalue weighted by molar-refractivity contribution is 5.91. The molecule has 2 aromatic carbocycles. The van der Waals surface area contributed by atoms with Gasteiger partial charge in [0.25, 0.3) is 0 Å². The summed E-state index contributed by atoms with van der Waals surface area (Å²) < 4.78 is 9.98. The fourth-order valence-corrected chi connectivity index (χ4v) is 3.83. The summed E-state index contributed by atoms with van der Waals surface area (Å²) in [5, 5.41) is 8.45. The van der Waals surface area contributed by atoms with Crippen molar-refractivity contribution in [2.45, 2.75) is 39.5 Å². The van der Waals surface area contributed by atoms with E-state index in [2.05, 4.69) is 29.6 Å². The highest BCUT2D eigenvalue weighted by Gasteiger charge is 2.25. The van der Waals surface area contributed by atoms with Gasteiger partial charge >= 0.3 is 24.2 Å². The predicted molar refractivity (Wildman–Crippen MR) is 126 cm³/mol. The van der Waals surface area contributed by atoms with Gasteiger partial charge in [-0.2, -0.15) is 0 Å². The van der Waals surface area contributed by atoms with Crippen molar-refractivity contribution in [2.75, 3.05) is 13.2 Å². The molecule has 0 heterocycles. The van der Waals surface area contributed by atoms with Gasteiger partial charge < -0.3 is 9.47 Å². The monoisotopic (exact) mass is 532 g/mol. The van der Waals surface area contributed by atoms with Crippen LogP contribution in [-0.4, -0.2) is 37.5 Å². The summed E-state index contributed by atoms with van der Waals surface area (Å²) in [6.45, 7) is 3.62. The lowest BCUT2D eigenvalue weighted by molar-refractivity contribution is -0.452. The molecule has 3 rings (SSSR count). The van der Waals surface area contributed by atoms with E-state index in [1.165, 1.54) is 0 Å². The van der Waals surface area contributed by atoms with E-state index >= 15 is 0 Å². The molecule has 1 aliphatic carbocycles. The van der Waals surface area contributed by atoms with E-state index in [1.807, 2.05) is 0 Å². The van der Waals surface area contributed by atoms with E-state index in [4.69, 9.17) is 9.47 Å². The van der Waals surface area contributed by atoms with E-state index in [0.29, 0.717) is 36.8 Å². The van der Waals surface area contributed by atoms with Gasteiger partial charge in [-0.15, -0.1) is 0 Å². The second-order valence-electron chi connectivity index (χ2n) is 8.68. The third-order valence-corrected chi connectivity index (χ3v) is 5.99. The summed E-state index contributed by atoms with van der Waals surface area (Å²) in [4.78, 5) is 64.6. The molecule has 0 spiro atoms. The fourth-order valence-electron chi connectivity index (χ4n) is 3.83. The highest BCUT2D eigenvalue weighted by Crippen LogP contribution is 2.29. The summed E-state index contributed by atoms with van der Waals surface area (Å²) >= 11 is 0. The molecule has 1 fully saturated rings. The maximum absolute atomic E-state index is 11.9. The lowest BCUT2D eigenvalue weighted by Gasteiger charge is -2.27. The quantitative estimate of drug-likeness (QED) is 0.227. The van der Waals surface area contributed by atoms with Crippen LogP contribution in [0.3, 0.4) is 0 Å². The molecule has 0 saturated heterocycles. The normalized spacial score (nSPS) is 16.6. The molecule has 0 aromatic heterocycles. The van der Waals surface area contributed by atoms with Crippen LogP contribution in [0.15, 0.2) is 48.5 Å². The Kier molecular flexibility index (Phi) is 10.9. The maximum Gasteiger partial charge on any atom is 0.543 e. The van der Waals surface area contributed by atoms with Crippen molar-refractivity contribution in [3.05, 3.63) is 70.8 Å². The van der Waals surface area contributed by atoms with Crippen LogP contribution in [0, 0.1) is 25.7 Å². The summed E-state index contributed by atoms with van der Waals surface area (Å²) in [5.41, 5.74) is 1.89. The van der Waals surface area contributed by atoms with Crippen LogP contribution in [0.4, 0.5) is 9.59 Å². The van der Waals surface area contributed by atoms with Crippen molar-refractivity contribution in [3.8, 4) is 0 Å². The molecule has 0 amide bonds. The van der Waals surface area contributed by atoms with Crippen LogP contribution in [0.1, 0.15) is 57.5 Å². The zero-order valence-corrected chi connectivity index (χ0v) is 20.9. The summed E-state index contributed by atoms with van der Waals surface area (Å²) in [6.07, 6.45) is 0.569. The van der Waals surface area contributed by atoms with Crippen molar-refractivity contribution < 1.29 is 58.3 Å². The molecular weight excluding hydrogens is 504 g/mol. The average Bonchev–Trinajstić information content (AvgIpc) is 2.91. The maximum atomic E-state index is 11.9. The van der Waals surface area contributed by atoms with E-state index in [-0.39, 0.29) is 36.2 Å². The number of aryl methyl sites for hydroxylation is 2. The molecule has 1 saturated carbocycles. The lowest BCUT2D eigenvalue weighted by Crippen LogP contribution is -2.24. The third kappa shape index (κ3) is 9.05. The SMILES string of the molecule is Cc1ccccc1C(=O)OOOC(=O)OCC1CCC(COC(=O)OOOC(=O)c2ccccc2C)CC1.